The molecule has 1 aliphatic rings. The lowest BCUT2D eigenvalue weighted by atomic mass is 10.0. The maximum atomic E-state index is 9.82. The van der Waals surface area contributed by atoms with Crippen molar-refractivity contribution in [2.45, 2.75) is 19.8 Å². The van der Waals surface area contributed by atoms with Crippen molar-refractivity contribution in [3.63, 3.8) is 0 Å². The summed E-state index contributed by atoms with van der Waals surface area (Å²) < 4.78 is 0. The van der Waals surface area contributed by atoms with E-state index in [2.05, 4.69) is 47.5 Å². The van der Waals surface area contributed by atoms with E-state index >= 15 is 0 Å². The molecular formula is C19H24N2O. The van der Waals surface area contributed by atoms with Crippen molar-refractivity contribution in [3.8, 4) is 5.75 Å². The number of phenols is 1. The zero-order chi connectivity index (χ0) is 15.5. The molecule has 3 heteroatoms. The van der Waals surface area contributed by atoms with Crippen LogP contribution in [0.2, 0.25) is 0 Å². The van der Waals surface area contributed by atoms with Gasteiger partial charge in [-0.25, -0.2) is 0 Å². The third kappa shape index (κ3) is 2.95. The summed E-state index contributed by atoms with van der Waals surface area (Å²) in [5.74, 6) is 0.894. The fraction of sp³-hybridized carbons (Fsp3) is 0.368. The van der Waals surface area contributed by atoms with Crippen molar-refractivity contribution in [2.24, 2.45) is 5.92 Å². The van der Waals surface area contributed by atoms with E-state index in [0.717, 1.165) is 25.9 Å². The summed E-state index contributed by atoms with van der Waals surface area (Å²) >= 11 is 0. The molecule has 0 spiro atoms. The van der Waals surface area contributed by atoms with E-state index in [1.807, 2.05) is 13.1 Å². The number of aromatic hydroxyl groups is 1. The van der Waals surface area contributed by atoms with Gasteiger partial charge in [0, 0.05) is 17.9 Å². The second-order valence-corrected chi connectivity index (χ2v) is 6.22. The molecule has 1 heterocycles. The summed E-state index contributed by atoms with van der Waals surface area (Å²) in [5.41, 5.74) is 5.14. The molecule has 2 aromatic carbocycles. The minimum absolute atomic E-state index is 0.355. The van der Waals surface area contributed by atoms with Gasteiger partial charge in [0.15, 0.2) is 0 Å². The first kappa shape index (κ1) is 14.9. The van der Waals surface area contributed by atoms with Crippen LogP contribution in [0.1, 0.15) is 18.1 Å². The summed E-state index contributed by atoms with van der Waals surface area (Å²) in [5, 5.41) is 13.1. The van der Waals surface area contributed by atoms with Crippen LogP contribution in [0.3, 0.4) is 0 Å². The van der Waals surface area contributed by atoms with Gasteiger partial charge in [-0.3, -0.25) is 0 Å². The maximum absolute atomic E-state index is 9.82. The summed E-state index contributed by atoms with van der Waals surface area (Å²) in [6.45, 7) is 4.23. The van der Waals surface area contributed by atoms with Gasteiger partial charge in [0.2, 0.25) is 0 Å². The lowest BCUT2D eigenvalue weighted by molar-refractivity contribution is 0.474. The third-order valence-corrected chi connectivity index (χ3v) is 4.35. The van der Waals surface area contributed by atoms with E-state index in [-0.39, 0.29) is 0 Å². The Kier molecular flexibility index (Phi) is 4.34. The maximum Gasteiger partial charge on any atom is 0.116 e. The van der Waals surface area contributed by atoms with Crippen LogP contribution in [0.15, 0.2) is 42.5 Å². The highest BCUT2D eigenvalue weighted by atomic mass is 16.3. The van der Waals surface area contributed by atoms with E-state index in [1.165, 1.54) is 22.5 Å². The van der Waals surface area contributed by atoms with Crippen molar-refractivity contribution in [2.75, 3.05) is 25.0 Å². The lowest BCUT2D eigenvalue weighted by Crippen LogP contribution is -2.29. The summed E-state index contributed by atoms with van der Waals surface area (Å²) in [7, 11) is 2.00. The number of hydrogen-bond acceptors (Lipinski definition) is 3. The van der Waals surface area contributed by atoms with Gasteiger partial charge in [-0.15, -0.1) is 0 Å². The van der Waals surface area contributed by atoms with Gasteiger partial charge in [0.05, 0.1) is 0 Å². The fourth-order valence-electron chi connectivity index (χ4n) is 3.34. The Balaban J connectivity index is 2.04. The Labute approximate surface area is 132 Å². The van der Waals surface area contributed by atoms with Crippen molar-refractivity contribution in [1.82, 2.24) is 5.32 Å². The Morgan fingerprint density at radius 2 is 1.82 bits per heavy atom. The predicted molar refractivity (Wildman–Crippen MR) is 92.1 cm³/mol. The molecule has 3 rings (SSSR count). The number of phenolic OH excluding ortho intramolecular Hbond substituents is 1. The minimum Gasteiger partial charge on any atom is -0.508 e. The van der Waals surface area contributed by atoms with Gasteiger partial charge in [-0.05, 0) is 67.7 Å². The van der Waals surface area contributed by atoms with Gasteiger partial charge in [0.1, 0.15) is 5.75 Å². The Morgan fingerprint density at radius 1 is 1.09 bits per heavy atom. The van der Waals surface area contributed by atoms with Crippen LogP contribution in [0.25, 0.3) is 0 Å². The first-order valence-electron chi connectivity index (χ1n) is 8.01. The summed E-state index contributed by atoms with van der Waals surface area (Å²) in [4.78, 5) is 2.42. The van der Waals surface area contributed by atoms with Gasteiger partial charge < -0.3 is 15.3 Å². The molecule has 0 radical (unpaired) electrons. The first-order valence-corrected chi connectivity index (χ1v) is 8.01. The molecule has 1 atom stereocenters. The topological polar surface area (TPSA) is 35.5 Å². The molecule has 0 bridgehead atoms. The SMILES string of the molecule is CNC[C@@H](C)CN1c2ccccc2CCc2cc(O)ccc21. The van der Waals surface area contributed by atoms with Crippen LogP contribution in [0.5, 0.6) is 5.75 Å². The standard InChI is InChI=1S/C19H24N2O/c1-14(12-20-2)13-21-18-6-4-3-5-15(18)7-8-16-11-17(22)9-10-19(16)21/h3-6,9-11,14,20,22H,7-8,12-13H2,1-2H3/t14-/m1/s1. The molecule has 0 amide bonds. The molecule has 0 unspecified atom stereocenters. The van der Waals surface area contributed by atoms with E-state index in [4.69, 9.17) is 0 Å². The number of nitrogens with zero attached hydrogens (tertiary/aromatic N) is 1. The van der Waals surface area contributed by atoms with Crippen LogP contribution in [-0.2, 0) is 12.8 Å². The fourth-order valence-corrected chi connectivity index (χ4v) is 3.34. The number of aryl methyl sites for hydroxylation is 2. The van der Waals surface area contributed by atoms with Crippen molar-refractivity contribution in [3.05, 3.63) is 53.6 Å². The monoisotopic (exact) mass is 296 g/mol. The van der Waals surface area contributed by atoms with Crippen LogP contribution in [-0.4, -0.2) is 25.2 Å². The molecule has 0 aliphatic carbocycles. The highest BCUT2D eigenvalue weighted by molar-refractivity contribution is 5.71. The summed E-state index contributed by atoms with van der Waals surface area (Å²) in [6.07, 6.45) is 1.99. The molecule has 0 saturated heterocycles. The van der Waals surface area contributed by atoms with E-state index < -0.39 is 0 Å². The largest absolute Gasteiger partial charge is 0.508 e. The molecule has 2 aromatic rings. The lowest BCUT2D eigenvalue weighted by Gasteiger charge is -2.29. The Morgan fingerprint density at radius 3 is 2.64 bits per heavy atom. The van der Waals surface area contributed by atoms with Gasteiger partial charge >= 0.3 is 0 Å². The Bertz CT molecular complexity index is 654. The average Bonchev–Trinajstić information content (AvgIpc) is 2.65. The normalized spacial score (nSPS) is 14.9. The minimum atomic E-state index is 0.355. The van der Waals surface area contributed by atoms with Crippen molar-refractivity contribution in [1.29, 1.82) is 0 Å². The zero-order valence-electron chi connectivity index (χ0n) is 13.3. The number of benzene rings is 2. The number of rotatable bonds is 4. The Hall–Kier alpha value is -2.00. The summed E-state index contributed by atoms with van der Waals surface area (Å²) in [6, 6.07) is 14.4. The zero-order valence-corrected chi connectivity index (χ0v) is 13.3. The number of anilines is 2. The van der Waals surface area contributed by atoms with Crippen LogP contribution < -0.4 is 10.2 Å². The van der Waals surface area contributed by atoms with Crippen LogP contribution in [0.4, 0.5) is 11.4 Å². The van der Waals surface area contributed by atoms with E-state index in [0.29, 0.717) is 11.7 Å². The number of para-hydroxylation sites is 1. The molecular weight excluding hydrogens is 272 g/mol. The van der Waals surface area contributed by atoms with E-state index in [1.54, 1.807) is 6.07 Å². The second kappa shape index (κ2) is 6.41. The molecule has 22 heavy (non-hydrogen) atoms. The molecule has 0 aromatic heterocycles. The van der Waals surface area contributed by atoms with Gasteiger partial charge in [-0.2, -0.15) is 0 Å². The van der Waals surface area contributed by atoms with Crippen molar-refractivity contribution >= 4 is 11.4 Å². The van der Waals surface area contributed by atoms with Gasteiger partial charge in [-0.1, -0.05) is 25.1 Å². The molecule has 2 N–H and O–H groups in total. The first-order chi connectivity index (χ1) is 10.7. The van der Waals surface area contributed by atoms with Crippen molar-refractivity contribution < 1.29 is 5.11 Å². The molecule has 3 nitrogen and oxygen atoms in total. The predicted octanol–water partition coefficient (Wildman–Crippen LogP) is 3.48. The molecule has 0 saturated carbocycles. The van der Waals surface area contributed by atoms with Crippen LogP contribution in [0, 0.1) is 5.92 Å². The highest BCUT2D eigenvalue weighted by Crippen LogP contribution is 2.37. The number of hydrogen-bond donors (Lipinski definition) is 2. The van der Waals surface area contributed by atoms with Gasteiger partial charge in [0.25, 0.3) is 0 Å². The molecule has 116 valence electrons. The van der Waals surface area contributed by atoms with E-state index in [9.17, 15) is 5.11 Å². The molecule has 0 fully saturated rings. The number of fused-ring (bicyclic) bond motifs is 2. The second-order valence-electron chi connectivity index (χ2n) is 6.22. The molecule has 1 aliphatic heterocycles. The third-order valence-electron chi connectivity index (χ3n) is 4.35. The highest BCUT2D eigenvalue weighted by Gasteiger charge is 2.22. The number of nitrogens with one attached hydrogen (secondary N) is 1. The average molecular weight is 296 g/mol. The quantitative estimate of drug-likeness (QED) is 0.906. The van der Waals surface area contributed by atoms with Crippen LogP contribution >= 0.6 is 0 Å². The smallest absolute Gasteiger partial charge is 0.116 e.